The molecule has 10 aromatic rings. The van der Waals surface area contributed by atoms with Crippen LogP contribution in [-0.2, 0) is 5.41 Å². The van der Waals surface area contributed by atoms with Gasteiger partial charge in [-0.2, -0.15) is 0 Å². The average Bonchev–Trinajstić information content (AvgIpc) is 3.74. The first-order valence-electron chi connectivity index (χ1n) is 18.1. The fourth-order valence-corrected chi connectivity index (χ4v) is 9.36. The molecule has 0 fully saturated rings. The number of hydrogen-bond donors (Lipinski definition) is 0. The molecule has 4 nitrogen and oxygen atoms in total. The molecule has 53 heavy (non-hydrogen) atoms. The molecule has 2 aliphatic heterocycles. The van der Waals surface area contributed by atoms with Crippen LogP contribution in [0.25, 0.3) is 55.0 Å². The van der Waals surface area contributed by atoms with Crippen LogP contribution in [0.5, 0.6) is 23.0 Å². The second kappa shape index (κ2) is 10.5. The quantitative estimate of drug-likeness (QED) is 0.182. The van der Waals surface area contributed by atoms with Gasteiger partial charge < -0.3 is 18.6 Å². The first-order valence-corrected chi connectivity index (χ1v) is 18.1. The van der Waals surface area contributed by atoms with Crippen LogP contribution in [0.4, 0.5) is 0 Å². The molecule has 0 atom stereocenters. The number of rotatable bonds is 2. The van der Waals surface area contributed by atoms with Gasteiger partial charge in [0.1, 0.15) is 17.2 Å². The second-order valence-corrected chi connectivity index (χ2v) is 14.0. The lowest BCUT2D eigenvalue weighted by Crippen LogP contribution is -2.37. The Balaban J connectivity index is 1.22. The van der Waals surface area contributed by atoms with Gasteiger partial charge in [-0.1, -0.05) is 121 Å². The summed E-state index contributed by atoms with van der Waals surface area (Å²) in [5.74, 6) is 3.34. The minimum Gasteiger partial charge on any atom is -0.457 e. The van der Waals surface area contributed by atoms with Gasteiger partial charge in [0.2, 0.25) is 0 Å². The zero-order chi connectivity index (χ0) is 34.7. The summed E-state index contributed by atoms with van der Waals surface area (Å²) in [5.41, 5.74) is 10.3. The third-order valence-electron chi connectivity index (χ3n) is 11.4. The zero-order valence-electron chi connectivity index (χ0n) is 28.5. The lowest BCUT2D eigenvalue weighted by molar-refractivity contribution is 0.398. The molecule has 0 aliphatic carbocycles. The predicted octanol–water partition coefficient (Wildman–Crippen LogP) is 12.5. The Bertz CT molecular complexity index is 2990. The van der Waals surface area contributed by atoms with E-state index in [1.807, 2.05) is 0 Å². The molecule has 1 spiro atoms. The van der Waals surface area contributed by atoms with Crippen LogP contribution >= 0.6 is 0 Å². The summed E-state index contributed by atoms with van der Waals surface area (Å²) in [7, 11) is 0. The van der Waals surface area contributed by atoms with Crippen molar-refractivity contribution in [1.29, 1.82) is 0 Å². The number of para-hydroxylation sites is 7. The molecular weight excluding hydrogens is 649 g/mol. The van der Waals surface area contributed by atoms with E-state index < -0.39 is 5.41 Å². The zero-order valence-corrected chi connectivity index (χ0v) is 28.5. The molecule has 0 amide bonds. The minimum atomic E-state index is -0.752. The van der Waals surface area contributed by atoms with Crippen LogP contribution in [0.3, 0.4) is 0 Å². The molecule has 4 heteroatoms. The van der Waals surface area contributed by atoms with Crippen molar-refractivity contribution in [3.63, 3.8) is 0 Å². The molecule has 0 bridgehead atoms. The van der Waals surface area contributed by atoms with E-state index in [9.17, 15) is 0 Å². The number of ether oxygens (including phenoxy) is 2. The summed E-state index contributed by atoms with van der Waals surface area (Å²) >= 11 is 0. The Kier molecular flexibility index (Phi) is 5.67. The Morgan fingerprint density at radius 2 is 0.792 bits per heavy atom. The topological polar surface area (TPSA) is 28.3 Å². The Hall–Kier alpha value is -7.04. The SMILES string of the molecule is c1ccc2c(c1)Oc1ccccc1C21c2cc(-n3c4ccccc4c4ccccc43)ccc2Oc2c(-n3c4ccccc4c4ccccc43)cccc21. The highest BCUT2D eigenvalue weighted by atomic mass is 16.5. The van der Waals surface area contributed by atoms with E-state index in [1.54, 1.807) is 0 Å². The van der Waals surface area contributed by atoms with Crippen LogP contribution < -0.4 is 9.47 Å². The monoisotopic (exact) mass is 678 g/mol. The van der Waals surface area contributed by atoms with E-state index >= 15 is 0 Å². The van der Waals surface area contributed by atoms with Crippen molar-refractivity contribution < 1.29 is 9.47 Å². The molecule has 2 aliphatic rings. The van der Waals surface area contributed by atoms with E-state index in [2.05, 4.69) is 191 Å². The summed E-state index contributed by atoms with van der Waals surface area (Å²) in [6, 6.07) is 65.0. The van der Waals surface area contributed by atoms with Crippen molar-refractivity contribution in [2.75, 3.05) is 0 Å². The number of hydrogen-bond acceptors (Lipinski definition) is 2. The second-order valence-electron chi connectivity index (χ2n) is 14.0. The third-order valence-corrected chi connectivity index (χ3v) is 11.4. The fraction of sp³-hybridized carbons (Fsp3) is 0.0204. The largest absolute Gasteiger partial charge is 0.457 e. The Morgan fingerprint density at radius 1 is 0.340 bits per heavy atom. The van der Waals surface area contributed by atoms with E-state index in [4.69, 9.17) is 9.47 Å². The Labute approximate surface area is 305 Å². The molecule has 0 saturated heterocycles. The molecule has 12 rings (SSSR count). The Morgan fingerprint density at radius 3 is 1.36 bits per heavy atom. The maximum Gasteiger partial charge on any atom is 0.156 e. The summed E-state index contributed by atoms with van der Waals surface area (Å²) < 4.78 is 18.7. The first kappa shape index (κ1) is 28.6. The highest BCUT2D eigenvalue weighted by molar-refractivity contribution is 6.10. The molecule has 4 heterocycles. The normalized spacial score (nSPS) is 13.7. The van der Waals surface area contributed by atoms with Crippen molar-refractivity contribution in [2.45, 2.75) is 5.41 Å². The van der Waals surface area contributed by atoms with Crippen molar-refractivity contribution >= 4 is 43.6 Å². The van der Waals surface area contributed by atoms with Gasteiger partial charge in [0.25, 0.3) is 0 Å². The van der Waals surface area contributed by atoms with Gasteiger partial charge in [-0.15, -0.1) is 0 Å². The van der Waals surface area contributed by atoms with Gasteiger partial charge in [0, 0.05) is 49.5 Å². The van der Waals surface area contributed by atoms with Crippen LogP contribution in [0.1, 0.15) is 22.3 Å². The summed E-state index contributed by atoms with van der Waals surface area (Å²) in [6.07, 6.45) is 0. The van der Waals surface area contributed by atoms with Crippen LogP contribution in [0.15, 0.2) is 182 Å². The molecule has 0 N–H and O–H groups in total. The highest BCUT2D eigenvalue weighted by Crippen LogP contribution is 2.62. The van der Waals surface area contributed by atoms with Gasteiger partial charge in [0.05, 0.1) is 33.2 Å². The van der Waals surface area contributed by atoms with Crippen molar-refractivity contribution in [3.05, 3.63) is 204 Å². The maximum absolute atomic E-state index is 7.26. The fourth-order valence-electron chi connectivity index (χ4n) is 9.36. The molecule has 0 radical (unpaired) electrons. The summed E-state index contributed by atoms with van der Waals surface area (Å²) in [6.45, 7) is 0. The standard InChI is InChI=1S/C49H30N2O2/c1-7-21-40-32(14-1)33-15-2-8-22-41(33)50(40)31-28-29-47-39(30-31)49(36-18-5-11-26-45(36)52-46-27-12-6-19-37(46)49)38-20-13-25-44(48(38)53-47)51-42-23-9-3-16-34(42)35-17-4-10-24-43(35)51/h1-30H. The number of benzene rings is 8. The molecule has 0 unspecified atom stereocenters. The van der Waals surface area contributed by atoms with Gasteiger partial charge in [-0.05, 0) is 60.7 Å². The van der Waals surface area contributed by atoms with Gasteiger partial charge in [-0.25, -0.2) is 0 Å². The first-order chi connectivity index (χ1) is 26.3. The molecular formula is C49H30N2O2. The third kappa shape index (κ3) is 3.69. The molecule has 8 aromatic carbocycles. The predicted molar refractivity (Wildman–Crippen MR) is 214 cm³/mol. The number of aromatic nitrogens is 2. The van der Waals surface area contributed by atoms with Gasteiger partial charge >= 0.3 is 0 Å². The maximum atomic E-state index is 7.26. The van der Waals surface area contributed by atoms with Crippen molar-refractivity contribution in [3.8, 4) is 34.4 Å². The number of fused-ring (bicyclic) bond motifs is 14. The van der Waals surface area contributed by atoms with Crippen LogP contribution in [-0.4, -0.2) is 9.13 Å². The van der Waals surface area contributed by atoms with Crippen molar-refractivity contribution in [2.24, 2.45) is 0 Å². The molecule has 0 saturated carbocycles. The smallest absolute Gasteiger partial charge is 0.156 e. The molecule has 248 valence electrons. The van der Waals surface area contributed by atoms with Gasteiger partial charge in [-0.3, -0.25) is 0 Å². The van der Waals surface area contributed by atoms with Gasteiger partial charge in [0.15, 0.2) is 5.75 Å². The summed E-state index contributed by atoms with van der Waals surface area (Å²) in [5, 5.41) is 4.89. The lowest BCUT2D eigenvalue weighted by atomic mass is 9.62. The van der Waals surface area contributed by atoms with E-state index in [-0.39, 0.29) is 0 Å². The van der Waals surface area contributed by atoms with Crippen LogP contribution in [0.2, 0.25) is 0 Å². The highest BCUT2D eigenvalue weighted by Gasteiger charge is 2.51. The van der Waals surface area contributed by atoms with E-state index in [0.717, 1.165) is 67.7 Å². The average molecular weight is 679 g/mol. The van der Waals surface area contributed by atoms with Crippen LogP contribution in [0, 0.1) is 0 Å². The minimum absolute atomic E-state index is 0.752. The molecule has 2 aromatic heterocycles. The van der Waals surface area contributed by atoms with E-state index in [0.29, 0.717) is 0 Å². The summed E-state index contributed by atoms with van der Waals surface area (Å²) in [4.78, 5) is 0. The van der Waals surface area contributed by atoms with E-state index in [1.165, 1.54) is 32.6 Å². The number of nitrogens with zero attached hydrogens (tertiary/aromatic N) is 2. The lowest BCUT2D eigenvalue weighted by Gasteiger charge is -2.45. The van der Waals surface area contributed by atoms with Crippen molar-refractivity contribution in [1.82, 2.24) is 9.13 Å².